The first-order chi connectivity index (χ1) is 11.7. The fourth-order valence-corrected chi connectivity index (χ4v) is 4.06. The number of allylic oxidation sites excluding steroid dienone is 4. The largest absolute Gasteiger partial charge is 0.399 e. The lowest BCUT2D eigenvalue weighted by molar-refractivity contribution is 0.233. The Kier molecular flexibility index (Phi) is 4.11. The summed E-state index contributed by atoms with van der Waals surface area (Å²) in [4.78, 5) is 0. The molecule has 0 saturated heterocycles. The van der Waals surface area contributed by atoms with Crippen LogP contribution in [0.4, 0.5) is 0 Å². The summed E-state index contributed by atoms with van der Waals surface area (Å²) in [5.74, 6) is -0.209. The third kappa shape index (κ3) is 2.27. The van der Waals surface area contributed by atoms with Crippen molar-refractivity contribution in [3.8, 4) is 18.2 Å². The van der Waals surface area contributed by atoms with Crippen LogP contribution in [0.25, 0.3) is 0 Å². The molecule has 0 aliphatic heterocycles. The van der Waals surface area contributed by atoms with E-state index in [4.69, 9.17) is 5.73 Å². The zero-order chi connectivity index (χ0) is 17.2. The Balaban J connectivity index is 2.18. The maximum atomic E-state index is 9.85. The molecule has 1 aromatic rings. The van der Waals surface area contributed by atoms with Gasteiger partial charge in [0, 0.05) is 5.92 Å². The lowest BCUT2D eigenvalue weighted by atomic mass is 9.57. The highest BCUT2D eigenvalue weighted by molar-refractivity contribution is 5.56. The van der Waals surface area contributed by atoms with Gasteiger partial charge in [-0.15, -0.1) is 0 Å². The van der Waals surface area contributed by atoms with Crippen LogP contribution in [-0.4, -0.2) is 0 Å². The Morgan fingerprint density at radius 2 is 1.83 bits per heavy atom. The first kappa shape index (κ1) is 15.9. The van der Waals surface area contributed by atoms with E-state index in [0.717, 1.165) is 30.4 Å². The monoisotopic (exact) mass is 314 g/mol. The topological polar surface area (TPSA) is 97.4 Å². The summed E-state index contributed by atoms with van der Waals surface area (Å²) in [6.45, 7) is 0. The lowest BCUT2D eigenvalue weighted by Gasteiger charge is -2.43. The average molecular weight is 314 g/mol. The number of rotatable bonds is 2. The van der Waals surface area contributed by atoms with Gasteiger partial charge in [-0.2, -0.15) is 15.8 Å². The number of nitriles is 3. The van der Waals surface area contributed by atoms with Gasteiger partial charge >= 0.3 is 0 Å². The summed E-state index contributed by atoms with van der Waals surface area (Å²) in [5.41, 5.74) is 7.25. The molecule has 0 bridgehead atoms. The van der Waals surface area contributed by atoms with Crippen LogP contribution >= 0.6 is 0 Å². The van der Waals surface area contributed by atoms with Crippen molar-refractivity contribution in [2.75, 3.05) is 0 Å². The molecule has 0 amide bonds. The quantitative estimate of drug-likeness (QED) is 0.905. The van der Waals surface area contributed by atoms with Crippen molar-refractivity contribution in [3.05, 3.63) is 58.8 Å². The second-order valence-electron chi connectivity index (χ2n) is 6.43. The van der Waals surface area contributed by atoms with Crippen LogP contribution in [0.5, 0.6) is 0 Å². The first-order valence-electron chi connectivity index (χ1n) is 8.15. The summed E-state index contributed by atoms with van der Waals surface area (Å²) in [7, 11) is 0. The average Bonchev–Trinajstić information content (AvgIpc) is 2.64. The van der Waals surface area contributed by atoms with Crippen molar-refractivity contribution >= 4 is 0 Å². The number of fused-ring (bicyclic) bond motifs is 1. The summed E-state index contributed by atoms with van der Waals surface area (Å²) >= 11 is 0. The molecule has 0 spiro atoms. The molecular formula is C20H18N4. The molecule has 4 nitrogen and oxygen atoms in total. The van der Waals surface area contributed by atoms with Crippen LogP contribution in [0.1, 0.15) is 24.8 Å². The molecule has 24 heavy (non-hydrogen) atoms. The molecule has 4 heteroatoms. The predicted octanol–water partition coefficient (Wildman–Crippen LogP) is 3.36. The van der Waals surface area contributed by atoms with Gasteiger partial charge < -0.3 is 5.73 Å². The molecule has 1 aromatic carbocycles. The Bertz CT molecular complexity index is 813. The molecule has 2 aliphatic carbocycles. The molecular weight excluding hydrogens is 296 g/mol. The van der Waals surface area contributed by atoms with Gasteiger partial charge in [0.05, 0.1) is 23.4 Å². The van der Waals surface area contributed by atoms with Crippen LogP contribution < -0.4 is 5.73 Å². The Morgan fingerprint density at radius 1 is 1.12 bits per heavy atom. The van der Waals surface area contributed by atoms with E-state index in [2.05, 4.69) is 24.3 Å². The molecule has 0 saturated carbocycles. The SMILES string of the molecule is N#CC1=C(N)C(C#N)(C#N)[C@@H](Cc2ccccc2)[C@@H]2CCCC=C12. The number of benzene rings is 1. The van der Waals surface area contributed by atoms with E-state index in [0.29, 0.717) is 12.0 Å². The second kappa shape index (κ2) is 6.23. The highest BCUT2D eigenvalue weighted by Crippen LogP contribution is 2.52. The van der Waals surface area contributed by atoms with Gasteiger partial charge in [0.1, 0.15) is 6.07 Å². The normalized spacial score (nSPS) is 24.8. The van der Waals surface area contributed by atoms with Crippen molar-refractivity contribution in [3.63, 3.8) is 0 Å². The number of hydrogen-bond acceptors (Lipinski definition) is 4. The molecule has 0 radical (unpaired) electrons. The third-order valence-corrected chi connectivity index (χ3v) is 5.27. The van der Waals surface area contributed by atoms with Crippen LogP contribution in [0.15, 0.2) is 53.3 Å². The highest BCUT2D eigenvalue weighted by atomic mass is 14.7. The third-order valence-electron chi connectivity index (χ3n) is 5.27. The zero-order valence-corrected chi connectivity index (χ0v) is 13.4. The van der Waals surface area contributed by atoms with Crippen molar-refractivity contribution in [1.29, 1.82) is 15.8 Å². The van der Waals surface area contributed by atoms with E-state index in [9.17, 15) is 15.8 Å². The maximum absolute atomic E-state index is 9.85. The molecule has 0 aromatic heterocycles. The summed E-state index contributed by atoms with van der Waals surface area (Å²) in [6.07, 6.45) is 5.46. The molecule has 0 heterocycles. The minimum Gasteiger partial charge on any atom is -0.399 e. The van der Waals surface area contributed by atoms with Crippen LogP contribution in [-0.2, 0) is 6.42 Å². The molecule has 2 atom stereocenters. The first-order valence-corrected chi connectivity index (χ1v) is 8.15. The van der Waals surface area contributed by atoms with E-state index in [1.165, 1.54) is 0 Å². The van der Waals surface area contributed by atoms with Crippen LogP contribution in [0, 0.1) is 51.2 Å². The number of nitrogens with zero attached hydrogens (tertiary/aromatic N) is 3. The molecule has 0 unspecified atom stereocenters. The van der Waals surface area contributed by atoms with E-state index in [-0.39, 0.29) is 17.5 Å². The fourth-order valence-electron chi connectivity index (χ4n) is 4.06. The molecule has 118 valence electrons. The molecule has 3 rings (SSSR count). The summed E-state index contributed by atoms with van der Waals surface area (Å²) in [6, 6.07) is 16.3. The van der Waals surface area contributed by atoms with Gasteiger partial charge in [-0.05, 0) is 42.7 Å². The molecule has 0 fully saturated rings. The summed E-state index contributed by atoms with van der Waals surface area (Å²) < 4.78 is 0. The van der Waals surface area contributed by atoms with Gasteiger partial charge in [-0.3, -0.25) is 0 Å². The molecule has 2 N–H and O–H groups in total. The van der Waals surface area contributed by atoms with Crippen molar-refractivity contribution in [2.45, 2.75) is 25.7 Å². The van der Waals surface area contributed by atoms with Gasteiger partial charge in [0.2, 0.25) is 0 Å². The van der Waals surface area contributed by atoms with Crippen LogP contribution in [0.2, 0.25) is 0 Å². The Hall–Kier alpha value is -3.03. The van der Waals surface area contributed by atoms with Gasteiger partial charge in [0.25, 0.3) is 0 Å². The van der Waals surface area contributed by atoms with Crippen molar-refractivity contribution < 1.29 is 0 Å². The van der Waals surface area contributed by atoms with Gasteiger partial charge in [-0.25, -0.2) is 0 Å². The highest BCUT2D eigenvalue weighted by Gasteiger charge is 2.52. The number of nitrogens with two attached hydrogens (primary N) is 1. The fraction of sp³-hybridized carbons (Fsp3) is 0.350. The predicted molar refractivity (Wildman–Crippen MR) is 89.5 cm³/mol. The van der Waals surface area contributed by atoms with E-state index < -0.39 is 5.41 Å². The van der Waals surface area contributed by atoms with Gasteiger partial charge in [-0.1, -0.05) is 36.4 Å². The van der Waals surface area contributed by atoms with E-state index in [1.807, 2.05) is 30.3 Å². The smallest absolute Gasteiger partial charge is 0.187 e. The van der Waals surface area contributed by atoms with Crippen LogP contribution in [0.3, 0.4) is 0 Å². The summed E-state index contributed by atoms with van der Waals surface area (Å²) in [5, 5.41) is 29.2. The van der Waals surface area contributed by atoms with E-state index >= 15 is 0 Å². The minimum absolute atomic E-state index is 0.0280. The van der Waals surface area contributed by atoms with Crippen molar-refractivity contribution in [1.82, 2.24) is 0 Å². The minimum atomic E-state index is -1.44. The van der Waals surface area contributed by atoms with Gasteiger partial charge in [0.15, 0.2) is 5.41 Å². The maximum Gasteiger partial charge on any atom is 0.187 e. The second-order valence-corrected chi connectivity index (χ2v) is 6.43. The lowest BCUT2D eigenvalue weighted by Crippen LogP contribution is -2.45. The zero-order valence-electron chi connectivity index (χ0n) is 13.4. The Morgan fingerprint density at radius 3 is 2.46 bits per heavy atom. The standard InChI is InChI=1S/C20H18N4/c21-11-17-15-8-4-5-9-16(15)18(10-14-6-2-1-3-7-14)20(12-22,13-23)19(17)24/h1-3,6-8,16,18H,4-5,9-10,24H2/t16-,18+/m1/s1. The molecule has 2 aliphatic rings. The van der Waals surface area contributed by atoms with Crippen molar-refractivity contribution in [2.24, 2.45) is 23.0 Å². The van der Waals surface area contributed by atoms with E-state index in [1.54, 1.807) is 0 Å². The number of hydrogen-bond donors (Lipinski definition) is 1. The Labute approximate surface area is 142 Å².